The third kappa shape index (κ3) is 3.49. The fourth-order valence-corrected chi connectivity index (χ4v) is 3.73. The molecular weight excluding hydrogens is 270 g/mol. The minimum Gasteiger partial charge on any atom is -0.385 e. The third-order valence-electron chi connectivity index (χ3n) is 2.24. The zero-order valence-corrected chi connectivity index (χ0v) is 10.7. The largest absolute Gasteiger partial charge is 0.385 e. The first kappa shape index (κ1) is 12.4. The molecule has 1 aliphatic rings. The highest BCUT2D eigenvalue weighted by atomic mass is 79.9. The zero-order valence-electron chi connectivity index (χ0n) is 8.28. The number of nitrogens with zero attached hydrogens (tertiary/aromatic N) is 1. The standard InChI is InChI=1S/C8H16BrNO3S/c1-13-5-2-6-14(11,12)10-4-3-8(9)7-10/h8H,2-7H2,1H3. The van der Waals surface area contributed by atoms with Crippen LogP contribution in [0.15, 0.2) is 0 Å². The highest BCUT2D eigenvalue weighted by molar-refractivity contribution is 9.09. The van der Waals surface area contributed by atoms with E-state index in [1.165, 1.54) is 0 Å². The van der Waals surface area contributed by atoms with Crippen LogP contribution in [-0.4, -0.2) is 50.1 Å². The Hall–Kier alpha value is 0.350. The van der Waals surface area contributed by atoms with Crippen molar-refractivity contribution in [2.75, 3.05) is 32.6 Å². The van der Waals surface area contributed by atoms with E-state index in [9.17, 15) is 8.42 Å². The van der Waals surface area contributed by atoms with Gasteiger partial charge in [0.1, 0.15) is 0 Å². The third-order valence-corrected chi connectivity index (χ3v) is 4.91. The lowest BCUT2D eigenvalue weighted by Gasteiger charge is -2.15. The van der Waals surface area contributed by atoms with Gasteiger partial charge in [0.25, 0.3) is 0 Å². The molecule has 0 spiro atoms. The first-order chi connectivity index (χ1) is 6.56. The summed E-state index contributed by atoms with van der Waals surface area (Å²) in [7, 11) is -1.46. The lowest BCUT2D eigenvalue weighted by Crippen LogP contribution is -2.31. The summed E-state index contributed by atoms with van der Waals surface area (Å²) in [5, 5.41) is 0. The van der Waals surface area contributed by atoms with Gasteiger partial charge in [-0.2, -0.15) is 0 Å². The Balaban J connectivity index is 2.41. The van der Waals surface area contributed by atoms with Crippen LogP contribution in [0.1, 0.15) is 12.8 Å². The van der Waals surface area contributed by atoms with Gasteiger partial charge >= 0.3 is 0 Å². The molecule has 1 unspecified atom stereocenters. The number of ether oxygens (including phenoxy) is 1. The fraction of sp³-hybridized carbons (Fsp3) is 1.00. The van der Waals surface area contributed by atoms with Crippen molar-refractivity contribution in [2.45, 2.75) is 17.7 Å². The first-order valence-corrected chi connectivity index (χ1v) is 7.19. The van der Waals surface area contributed by atoms with Crippen molar-refractivity contribution >= 4 is 26.0 Å². The van der Waals surface area contributed by atoms with Crippen LogP contribution in [0, 0.1) is 0 Å². The number of hydrogen-bond acceptors (Lipinski definition) is 3. The van der Waals surface area contributed by atoms with E-state index < -0.39 is 10.0 Å². The molecule has 0 aromatic rings. The molecule has 0 radical (unpaired) electrons. The maximum Gasteiger partial charge on any atom is 0.214 e. The summed E-state index contributed by atoms with van der Waals surface area (Å²) in [5.74, 6) is 0.195. The van der Waals surface area contributed by atoms with Gasteiger partial charge in [0.05, 0.1) is 5.75 Å². The second-order valence-corrected chi connectivity index (χ2v) is 6.79. The van der Waals surface area contributed by atoms with Crippen LogP contribution in [0.25, 0.3) is 0 Å². The highest BCUT2D eigenvalue weighted by Gasteiger charge is 2.29. The SMILES string of the molecule is COCCCS(=O)(=O)N1CCC(Br)C1. The number of alkyl halides is 1. The van der Waals surface area contributed by atoms with Crippen molar-refractivity contribution < 1.29 is 13.2 Å². The molecule has 4 nitrogen and oxygen atoms in total. The fourth-order valence-electron chi connectivity index (χ4n) is 1.46. The van der Waals surface area contributed by atoms with Crippen molar-refractivity contribution in [3.63, 3.8) is 0 Å². The van der Waals surface area contributed by atoms with Gasteiger partial charge in [-0.3, -0.25) is 0 Å². The molecule has 0 aliphatic carbocycles. The number of methoxy groups -OCH3 is 1. The minimum atomic E-state index is -3.04. The molecule has 1 heterocycles. The molecule has 0 aromatic heterocycles. The van der Waals surface area contributed by atoms with Gasteiger partial charge in [0.15, 0.2) is 0 Å². The predicted molar refractivity (Wildman–Crippen MR) is 59.2 cm³/mol. The Morgan fingerprint density at radius 2 is 2.29 bits per heavy atom. The number of halogens is 1. The molecule has 1 fully saturated rings. The van der Waals surface area contributed by atoms with Crippen LogP contribution in [0.5, 0.6) is 0 Å². The van der Waals surface area contributed by atoms with E-state index in [-0.39, 0.29) is 5.75 Å². The van der Waals surface area contributed by atoms with E-state index >= 15 is 0 Å². The summed E-state index contributed by atoms with van der Waals surface area (Å²) < 4.78 is 29.8. The van der Waals surface area contributed by atoms with Crippen LogP contribution in [-0.2, 0) is 14.8 Å². The van der Waals surface area contributed by atoms with Gasteiger partial charge in [-0.05, 0) is 12.8 Å². The van der Waals surface area contributed by atoms with E-state index in [0.29, 0.717) is 30.9 Å². The Kier molecular flexibility index (Phi) is 4.82. The Morgan fingerprint density at radius 3 is 2.79 bits per heavy atom. The maximum absolute atomic E-state index is 11.7. The monoisotopic (exact) mass is 285 g/mol. The Morgan fingerprint density at radius 1 is 1.57 bits per heavy atom. The molecule has 0 N–H and O–H groups in total. The Bertz CT molecular complexity index is 268. The number of rotatable bonds is 5. The van der Waals surface area contributed by atoms with E-state index in [1.54, 1.807) is 11.4 Å². The molecule has 84 valence electrons. The number of hydrogen-bond donors (Lipinski definition) is 0. The van der Waals surface area contributed by atoms with Crippen molar-refractivity contribution in [3.8, 4) is 0 Å². The molecular formula is C8H16BrNO3S. The summed E-state index contributed by atoms with van der Waals surface area (Å²) in [5.41, 5.74) is 0. The second-order valence-electron chi connectivity index (χ2n) is 3.41. The lowest BCUT2D eigenvalue weighted by atomic mass is 10.4. The Labute approximate surface area is 93.8 Å². The lowest BCUT2D eigenvalue weighted by molar-refractivity contribution is 0.199. The van der Waals surface area contributed by atoms with Crippen molar-refractivity contribution in [1.29, 1.82) is 0 Å². The summed E-state index contributed by atoms with van der Waals surface area (Å²) in [6.07, 6.45) is 1.48. The van der Waals surface area contributed by atoms with Crippen LogP contribution >= 0.6 is 15.9 Å². The summed E-state index contributed by atoms with van der Waals surface area (Å²) in [6, 6.07) is 0. The van der Waals surface area contributed by atoms with Crippen LogP contribution < -0.4 is 0 Å². The van der Waals surface area contributed by atoms with E-state index in [0.717, 1.165) is 6.42 Å². The molecule has 14 heavy (non-hydrogen) atoms. The van der Waals surface area contributed by atoms with Crippen LogP contribution in [0.4, 0.5) is 0 Å². The second kappa shape index (κ2) is 5.44. The van der Waals surface area contributed by atoms with Crippen molar-refractivity contribution in [1.82, 2.24) is 4.31 Å². The normalized spacial score (nSPS) is 24.3. The molecule has 1 atom stereocenters. The molecule has 0 aromatic carbocycles. The average Bonchev–Trinajstić information content (AvgIpc) is 2.53. The molecule has 1 saturated heterocycles. The highest BCUT2D eigenvalue weighted by Crippen LogP contribution is 2.20. The molecule has 6 heteroatoms. The summed E-state index contributed by atoms with van der Waals surface area (Å²) >= 11 is 3.42. The van der Waals surface area contributed by atoms with Gasteiger partial charge in [0.2, 0.25) is 10.0 Å². The summed E-state index contributed by atoms with van der Waals surface area (Å²) in [6.45, 7) is 1.76. The molecule has 0 bridgehead atoms. The van der Waals surface area contributed by atoms with Gasteiger partial charge in [-0.1, -0.05) is 15.9 Å². The topological polar surface area (TPSA) is 46.6 Å². The van der Waals surface area contributed by atoms with E-state index in [4.69, 9.17) is 4.74 Å². The van der Waals surface area contributed by atoms with Crippen molar-refractivity contribution in [2.24, 2.45) is 0 Å². The van der Waals surface area contributed by atoms with Gasteiger partial charge in [0, 0.05) is 31.6 Å². The van der Waals surface area contributed by atoms with Gasteiger partial charge < -0.3 is 4.74 Å². The van der Waals surface area contributed by atoms with Crippen LogP contribution in [0.3, 0.4) is 0 Å². The zero-order chi connectivity index (χ0) is 10.6. The minimum absolute atomic E-state index is 0.195. The molecule has 0 saturated carbocycles. The summed E-state index contributed by atoms with van der Waals surface area (Å²) in [4.78, 5) is 0.319. The van der Waals surface area contributed by atoms with Gasteiger partial charge in [-0.25, -0.2) is 12.7 Å². The predicted octanol–water partition coefficient (Wildman–Crippen LogP) is 0.822. The average molecular weight is 286 g/mol. The molecule has 1 rings (SSSR count). The molecule has 1 aliphatic heterocycles. The van der Waals surface area contributed by atoms with Gasteiger partial charge in [-0.15, -0.1) is 0 Å². The maximum atomic E-state index is 11.7. The van der Waals surface area contributed by atoms with Crippen LogP contribution in [0.2, 0.25) is 0 Å². The first-order valence-electron chi connectivity index (χ1n) is 4.67. The van der Waals surface area contributed by atoms with E-state index in [2.05, 4.69) is 15.9 Å². The quantitative estimate of drug-likeness (QED) is 0.555. The smallest absolute Gasteiger partial charge is 0.214 e. The van der Waals surface area contributed by atoms with Crippen molar-refractivity contribution in [3.05, 3.63) is 0 Å². The van der Waals surface area contributed by atoms with E-state index in [1.807, 2.05) is 0 Å². The molecule has 0 amide bonds. The number of sulfonamides is 1.